The SMILES string of the molecule is CC1(C)CN(c2ccc(C(=N)N)cn2)CC(C)(C)O1. The van der Waals surface area contributed by atoms with Crippen LogP contribution in [0.4, 0.5) is 5.82 Å². The Morgan fingerprint density at radius 2 is 1.84 bits per heavy atom. The first-order valence-corrected chi connectivity index (χ1v) is 6.44. The van der Waals surface area contributed by atoms with Crippen LogP contribution in [0.3, 0.4) is 0 Å². The normalized spacial score (nSPS) is 21.2. The first-order valence-electron chi connectivity index (χ1n) is 6.44. The molecule has 1 aromatic rings. The molecule has 1 fully saturated rings. The molecule has 19 heavy (non-hydrogen) atoms. The van der Waals surface area contributed by atoms with E-state index in [4.69, 9.17) is 15.9 Å². The van der Waals surface area contributed by atoms with Crippen molar-refractivity contribution in [2.24, 2.45) is 5.73 Å². The van der Waals surface area contributed by atoms with Crippen LogP contribution >= 0.6 is 0 Å². The summed E-state index contributed by atoms with van der Waals surface area (Å²) in [7, 11) is 0. The fourth-order valence-electron chi connectivity index (χ4n) is 2.68. The van der Waals surface area contributed by atoms with Crippen molar-refractivity contribution < 1.29 is 4.74 Å². The van der Waals surface area contributed by atoms with E-state index in [1.165, 1.54) is 0 Å². The maximum absolute atomic E-state index is 7.38. The summed E-state index contributed by atoms with van der Waals surface area (Å²) in [5.74, 6) is 0.941. The van der Waals surface area contributed by atoms with Crippen LogP contribution in [0, 0.1) is 5.41 Å². The fraction of sp³-hybridized carbons (Fsp3) is 0.571. The molecular weight excluding hydrogens is 240 g/mol. The van der Waals surface area contributed by atoms with Gasteiger partial charge in [0.25, 0.3) is 0 Å². The summed E-state index contributed by atoms with van der Waals surface area (Å²) in [5.41, 5.74) is 5.68. The van der Waals surface area contributed by atoms with Gasteiger partial charge in [-0.3, -0.25) is 5.41 Å². The molecule has 5 nitrogen and oxygen atoms in total. The smallest absolute Gasteiger partial charge is 0.128 e. The van der Waals surface area contributed by atoms with Gasteiger partial charge in [0.1, 0.15) is 11.7 Å². The molecule has 0 bridgehead atoms. The molecule has 0 unspecified atom stereocenters. The van der Waals surface area contributed by atoms with E-state index in [0.29, 0.717) is 5.56 Å². The highest BCUT2D eigenvalue weighted by Gasteiger charge is 2.38. The van der Waals surface area contributed by atoms with Gasteiger partial charge in [-0.25, -0.2) is 4.98 Å². The lowest BCUT2D eigenvalue weighted by Crippen LogP contribution is -2.57. The third-order valence-corrected chi connectivity index (χ3v) is 3.08. The number of nitrogens with zero attached hydrogens (tertiary/aromatic N) is 2. The average Bonchev–Trinajstić information content (AvgIpc) is 2.25. The van der Waals surface area contributed by atoms with Gasteiger partial charge in [-0.05, 0) is 39.8 Å². The van der Waals surface area contributed by atoms with Crippen LogP contribution in [0.1, 0.15) is 33.3 Å². The zero-order valence-electron chi connectivity index (χ0n) is 12.0. The standard InChI is InChI=1S/C14H22N4O/c1-13(2)8-18(9-14(3,4)19-13)11-6-5-10(7-17-11)12(15)16/h5-7H,8-9H2,1-4H3,(H3,15,16). The number of nitrogens with one attached hydrogen (secondary N) is 1. The molecule has 3 N–H and O–H groups in total. The van der Waals surface area contributed by atoms with Crippen molar-refractivity contribution in [3.05, 3.63) is 23.9 Å². The van der Waals surface area contributed by atoms with E-state index in [2.05, 4.69) is 37.6 Å². The Morgan fingerprint density at radius 1 is 1.26 bits per heavy atom. The molecule has 1 aliphatic rings. The van der Waals surface area contributed by atoms with E-state index in [9.17, 15) is 0 Å². The number of rotatable bonds is 2. The molecule has 1 saturated heterocycles. The van der Waals surface area contributed by atoms with E-state index in [0.717, 1.165) is 18.9 Å². The van der Waals surface area contributed by atoms with Crippen LogP contribution in [0.15, 0.2) is 18.3 Å². The van der Waals surface area contributed by atoms with Crippen LogP contribution in [0.25, 0.3) is 0 Å². The highest BCUT2D eigenvalue weighted by Crippen LogP contribution is 2.30. The van der Waals surface area contributed by atoms with Crippen LogP contribution < -0.4 is 10.6 Å². The number of hydrogen-bond donors (Lipinski definition) is 2. The first-order chi connectivity index (χ1) is 8.69. The highest BCUT2D eigenvalue weighted by atomic mass is 16.5. The number of nitrogens with two attached hydrogens (primary N) is 1. The summed E-state index contributed by atoms with van der Waals surface area (Å²) in [6, 6.07) is 3.74. The Hall–Kier alpha value is -1.62. The molecule has 104 valence electrons. The number of anilines is 1. The third-order valence-electron chi connectivity index (χ3n) is 3.08. The zero-order chi connectivity index (χ0) is 14.3. The minimum Gasteiger partial charge on any atom is -0.384 e. The number of nitrogen functional groups attached to an aromatic ring is 1. The molecular formula is C14H22N4O. The van der Waals surface area contributed by atoms with E-state index in [1.54, 1.807) is 6.20 Å². The lowest BCUT2D eigenvalue weighted by atomic mass is 9.99. The molecule has 0 aliphatic carbocycles. The van der Waals surface area contributed by atoms with Gasteiger partial charge in [0.05, 0.1) is 11.2 Å². The zero-order valence-corrected chi connectivity index (χ0v) is 12.0. The van der Waals surface area contributed by atoms with E-state index < -0.39 is 0 Å². The van der Waals surface area contributed by atoms with Crippen LogP contribution in [-0.2, 0) is 4.74 Å². The van der Waals surface area contributed by atoms with Gasteiger partial charge in [-0.15, -0.1) is 0 Å². The second kappa shape index (κ2) is 4.49. The van der Waals surface area contributed by atoms with Crippen molar-refractivity contribution in [1.82, 2.24) is 4.98 Å². The van der Waals surface area contributed by atoms with Gasteiger partial charge >= 0.3 is 0 Å². The van der Waals surface area contributed by atoms with Crippen LogP contribution in [-0.4, -0.2) is 35.1 Å². The number of morpholine rings is 1. The predicted octanol–water partition coefficient (Wildman–Crippen LogP) is 1.76. The molecule has 5 heteroatoms. The summed E-state index contributed by atoms with van der Waals surface area (Å²) in [4.78, 5) is 6.62. The van der Waals surface area contributed by atoms with Gasteiger partial charge < -0.3 is 15.4 Å². The quantitative estimate of drug-likeness (QED) is 0.629. The Labute approximate surface area is 114 Å². The van der Waals surface area contributed by atoms with Crippen molar-refractivity contribution in [3.63, 3.8) is 0 Å². The van der Waals surface area contributed by atoms with Crippen molar-refractivity contribution in [3.8, 4) is 0 Å². The summed E-state index contributed by atoms with van der Waals surface area (Å²) < 4.78 is 6.05. The average molecular weight is 262 g/mol. The van der Waals surface area contributed by atoms with Gasteiger partial charge in [-0.2, -0.15) is 0 Å². The van der Waals surface area contributed by atoms with Gasteiger partial charge in [-0.1, -0.05) is 0 Å². The molecule has 0 aromatic carbocycles. The Bertz CT molecular complexity index is 463. The Kier molecular flexibility index (Phi) is 3.26. The Balaban J connectivity index is 2.23. The van der Waals surface area contributed by atoms with Gasteiger partial charge in [0.15, 0.2) is 0 Å². The van der Waals surface area contributed by atoms with Crippen LogP contribution in [0.2, 0.25) is 0 Å². The van der Waals surface area contributed by atoms with Gasteiger partial charge in [0, 0.05) is 24.8 Å². The molecule has 1 aromatic heterocycles. The van der Waals surface area contributed by atoms with Crippen molar-refractivity contribution >= 4 is 11.7 Å². The topological polar surface area (TPSA) is 75.2 Å². The maximum Gasteiger partial charge on any atom is 0.128 e. The van der Waals surface area contributed by atoms with Crippen molar-refractivity contribution in [2.75, 3.05) is 18.0 Å². The molecule has 0 atom stereocenters. The van der Waals surface area contributed by atoms with Crippen LogP contribution in [0.5, 0.6) is 0 Å². The number of pyridine rings is 1. The summed E-state index contributed by atoms with van der Waals surface area (Å²) in [6.07, 6.45) is 1.65. The summed E-state index contributed by atoms with van der Waals surface area (Å²) >= 11 is 0. The van der Waals surface area contributed by atoms with Crippen molar-refractivity contribution in [2.45, 2.75) is 38.9 Å². The molecule has 0 amide bonds. The number of ether oxygens (including phenoxy) is 1. The predicted molar refractivity (Wildman–Crippen MR) is 76.7 cm³/mol. The lowest BCUT2D eigenvalue weighted by molar-refractivity contribution is -0.133. The second-order valence-corrected chi connectivity index (χ2v) is 6.30. The van der Waals surface area contributed by atoms with E-state index in [-0.39, 0.29) is 17.0 Å². The number of aromatic nitrogens is 1. The van der Waals surface area contributed by atoms with E-state index >= 15 is 0 Å². The highest BCUT2D eigenvalue weighted by molar-refractivity contribution is 5.94. The number of hydrogen-bond acceptors (Lipinski definition) is 4. The van der Waals surface area contributed by atoms with Gasteiger partial charge in [0.2, 0.25) is 0 Å². The molecule has 2 heterocycles. The molecule has 0 radical (unpaired) electrons. The molecule has 0 saturated carbocycles. The second-order valence-electron chi connectivity index (χ2n) is 6.30. The Morgan fingerprint density at radius 3 is 2.26 bits per heavy atom. The minimum absolute atomic E-state index is 0.0432. The molecule has 1 aliphatic heterocycles. The summed E-state index contributed by atoms with van der Waals surface area (Å²) in [5, 5.41) is 7.38. The lowest BCUT2D eigenvalue weighted by Gasteiger charge is -2.47. The van der Waals surface area contributed by atoms with Crippen molar-refractivity contribution in [1.29, 1.82) is 5.41 Å². The first kappa shape index (κ1) is 13.8. The fourth-order valence-corrected chi connectivity index (χ4v) is 2.68. The largest absolute Gasteiger partial charge is 0.384 e. The molecule has 0 spiro atoms. The molecule has 2 rings (SSSR count). The third kappa shape index (κ3) is 3.23. The number of amidine groups is 1. The minimum atomic E-state index is -0.206. The maximum atomic E-state index is 7.38. The monoisotopic (exact) mass is 262 g/mol. The van der Waals surface area contributed by atoms with E-state index in [1.807, 2.05) is 12.1 Å². The summed E-state index contributed by atoms with van der Waals surface area (Å²) in [6.45, 7) is 9.94.